The molecule has 0 radical (unpaired) electrons. The number of carbonyl (C=O) groups is 2. The first-order valence-electron chi connectivity index (χ1n) is 10.4. The fraction of sp³-hybridized carbons (Fsp3) is 0.900. The molecule has 0 aromatic carbocycles. The van der Waals surface area contributed by atoms with Crippen molar-refractivity contribution in [3.63, 3.8) is 0 Å². The third-order valence-electron chi connectivity index (χ3n) is 5.29. The number of carbonyl (C=O) groups excluding carboxylic acids is 2. The number of nitrogens with one attached hydrogen (secondary N) is 2. The Bertz CT molecular complexity index is 327. The second-order valence-corrected chi connectivity index (χ2v) is 7.43. The molecule has 2 amide bonds. The van der Waals surface area contributed by atoms with Crippen molar-refractivity contribution in [2.45, 2.75) is 96.1 Å². The van der Waals surface area contributed by atoms with Gasteiger partial charge in [0.1, 0.15) is 0 Å². The number of hydrogen-bond acceptors (Lipinski definition) is 3. The molecule has 0 aliphatic carbocycles. The molecular formula is C20H40ClN3O2. The van der Waals surface area contributed by atoms with Gasteiger partial charge in [-0.3, -0.25) is 14.5 Å². The minimum Gasteiger partial charge on any atom is -0.353 e. The summed E-state index contributed by atoms with van der Waals surface area (Å²) in [5.41, 5.74) is 0. The van der Waals surface area contributed by atoms with Gasteiger partial charge < -0.3 is 10.6 Å². The monoisotopic (exact) mass is 389 g/mol. The Labute approximate surface area is 166 Å². The quantitative estimate of drug-likeness (QED) is 0.295. The summed E-state index contributed by atoms with van der Waals surface area (Å²) in [6.07, 6.45) is 17.8. The molecular weight excluding hydrogens is 350 g/mol. The minimum absolute atomic E-state index is 0. The summed E-state index contributed by atoms with van der Waals surface area (Å²) >= 11 is 0. The molecule has 1 aliphatic heterocycles. The van der Waals surface area contributed by atoms with E-state index in [0.29, 0.717) is 0 Å². The summed E-state index contributed by atoms with van der Waals surface area (Å²) in [5, 5.41) is 5.62. The molecule has 5 nitrogen and oxygen atoms in total. The van der Waals surface area contributed by atoms with E-state index in [1.165, 1.54) is 77.0 Å². The van der Waals surface area contributed by atoms with Crippen LogP contribution in [0.15, 0.2) is 0 Å². The molecule has 1 saturated heterocycles. The average Bonchev–Trinajstić information content (AvgIpc) is 2.98. The Balaban J connectivity index is 0.00000625. The van der Waals surface area contributed by atoms with E-state index in [4.69, 9.17) is 0 Å². The smallest absolute Gasteiger partial charge is 0.207 e. The Morgan fingerprint density at radius 2 is 1.12 bits per heavy atom. The van der Waals surface area contributed by atoms with E-state index in [-0.39, 0.29) is 24.5 Å². The maximum absolute atomic E-state index is 10.6. The van der Waals surface area contributed by atoms with E-state index >= 15 is 0 Å². The van der Waals surface area contributed by atoms with Gasteiger partial charge >= 0.3 is 0 Å². The molecule has 0 aromatic rings. The van der Waals surface area contributed by atoms with Gasteiger partial charge in [0.25, 0.3) is 0 Å². The Morgan fingerprint density at radius 3 is 1.50 bits per heavy atom. The van der Waals surface area contributed by atoms with Crippen LogP contribution in [-0.2, 0) is 9.59 Å². The van der Waals surface area contributed by atoms with Gasteiger partial charge in [0, 0.05) is 13.1 Å². The summed E-state index contributed by atoms with van der Waals surface area (Å²) in [6, 6.07) is 0.0834. The van der Waals surface area contributed by atoms with Crippen molar-refractivity contribution in [2.75, 3.05) is 19.6 Å². The zero-order valence-corrected chi connectivity index (χ0v) is 17.4. The molecule has 0 aromatic heterocycles. The van der Waals surface area contributed by atoms with E-state index in [2.05, 4.69) is 22.5 Å². The molecule has 26 heavy (non-hydrogen) atoms. The lowest BCUT2D eigenvalue weighted by atomic mass is 10.1. The van der Waals surface area contributed by atoms with Crippen LogP contribution in [0.25, 0.3) is 0 Å². The van der Waals surface area contributed by atoms with E-state index < -0.39 is 0 Å². The molecule has 6 heteroatoms. The molecule has 154 valence electrons. The number of amides is 2. The highest BCUT2D eigenvalue weighted by Crippen LogP contribution is 2.14. The number of rotatable bonds is 17. The van der Waals surface area contributed by atoms with E-state index in [0.717, 1.165) is 32.5 Å². The third kappa shape index (κ3) is 11.7. The first kappa shape index (κ1) is 25.2. The minimum atomic E-state index is 0. The first-order valence-corrected chi connectivity index (χ1v) is 10.4. The van der Waals surface area contributed by atoms with Crippen molar-refractivity contribution in [3.8, 4) is 0 Å². The summed E-state index contributed by atoms with van der Waals surface area (Å²) in [4.78, 5) is 23.6. The summed E-state index contributed by atoms with van der Waals surface area (Å²) in [6.45, 7) is 5.00. The number of halogens is 1. The fourth-order valence-electron chi connectivity index (χ4n) is 3.76. The molecule has 0 saturated carbocycles. The summed E-state index contributed by atoms with van der Waals surface area (Å²) in [7, 11) is 0. The van der Waals surface area contributed by atoms with Crippen molar-refractivity contribution in [2.24, 2.45) is 0 Å². The highest BCUT2D eigenvalue weighted by atomic mass is 35.5. The van der Waals surface area contributed by atoms with Crippen LogP contribution in [0, 0.1) is 0 Å². The lowest BCUT2D eigenvalue weighted by Gasteiger charge is -2.15. The molecule has 1 rings (SSSR count). The molecule has 1 aliphatic rings. The van der Waals surface area contributed by atoms with E-state index in [1.54, 1.807) is 0 Å². The lowest BCUT2D eigenvalue weighted by molar-refractivity contribution is -0.112. The maximum atomic E-state index is 10.6. The second kappa shape index (κ2) is 17.6. The van der Waals surface area contributed by atoms with Crippen molar-refractivity contribution in [3.05, 3.63) is 0 Å². The Hall–Kier alpha value is -0.810. The van der Waals surface area contributed by atoms with Gasteiger partial charge in [-0.1, -0.05) is 77.6 Å². The number of nitrogens with zero attached hydrogens (tertiary/aromatic N) is 1. The van der Waals surface area contributed by atoms with Gasteiger partial charge in [-0.15, -0.1) is 12.4 Å². The van der Waals surface area contributed by atoms with Crippen LogP contribution in [0.1, 0.15) is 84.0 Å². The third-order valence-corrected chi connectivity index (χ3v) is 5.29. The van der Waals surface area contributed by atoms with Crippen molar-refractivity contribution < 1.29 is 9.59 Å². The summed E-state index contributed by atoms with van der Waals surface area (Å²) in [5.74, 6) is 0. The van der Waals surface area contributed by atoms with Gasteiger partial charge in [-0.05, 0) is 13.0 Å². The predicted octanol–water partition coefficient (Wildman–Crippen LogP) is 3.65. The van der Waals surface area contributed by atoms with Gasteiger partial charge in [0.15, 0.2) is 0 Å². The highest BCUT2D eigenvalue weighted by Gasteiger charge is 2.31. The largest absolute Gasteiger partial charge is 0.353 e. The molecule has 0 bridgehead atoms. The molecule has 1 heterocycles. The number of unbranched alkanes of at least 4 members (excludes halogenated alkanes) is 11. The van der Waals surface area contributed by atoms with Crippen molar-refractivity contribution in [1.82, 2.24) is 15.5 Å². The van der Waals surface area contributed by atoms with Crippen LogP contribution in [0.2, 0.25) is 0 Å². The zero-order valence-electron chi connectivity index (χ0n) is 16.6. The van der Waals surface area contributed by atoms with Crippen LogP contribution in [0.5, 0.6) is 0 Å². The molecule has 0 spiro atoms. The first-order chi connectivity index (χ1) is 12.3. The number of hydrogen-bond donors (Lipinski definition) is 2. The molecule has 2 N–H and O–H groups in total. The van der Waals surface area contributed by atoms with Gasteiger partial charge in [-0.2, -0.15) is 0 Å². The van der Waals surface area contributed by atoms with E-state index in [1.807, 2.05) is 0 Å². The van der Waals surface area contributed by atoms with Crippen LogP contribution < -0.4 is 10.6 Å². The topological polar surface area (TPSA) is 61.4 Å². The van der Waals surface area contributed by atoms with Crippen molar-refractivity contribution >= 4 is 25.2 Å². The second-order valence-electron chi connectivity index (χ2n) is 7.43. The fourth-order valence-corrected chi connectivity index (χ4v) is 3.76. The van der Waals surface area contributed by atoms with Crippen LogP contribution >= 0.6 is 12.4 Å². The maximum Gasteiger partial charge on any atom is 0.207 e. The lowest BCUT2D eigenvalue weighted by Crippen LogP contribution is -2.46. The number of likely N-dealkylation sites (tertiary alicyclic amines) is 1. The molecule has 2 atom stereocenters. The van der Waals surface area contributed by atoms with Crippen LogP contribution in [-0.4, -0.2) is 49.4 Å². The Morgan fingerprint density at radius 1 is 0.731 bits per heavy atom. The molecule has 1 fully saturated rings. The van der Waals surface area contributed by atoms with E-state index in [9.17, 15) is 9.59 Å². The van der Waals surface area contributed by atoms with Gasteiger partial charge in [-0.25, -0.2) is 0 Å². The normalized spacial score (nSPS) is 19.7. The molecule has 2 unspecified atom stereocenters. The highest BCUT2D eigenvalue weighted by molar-refractivity contribution is 5.85. The Kier molecular flexibility index (Phi) is 17.0. The summed E-state index contributed by atoms with van der Waals surface area (Å²) < 4.78 is 0. The van der Waals surface area contributed by atoms with Gasteiger partial charge in [0.05, 0.1) is 12.1 Å². The standard InChI is InChI=1S/C20H39N3O2.ClH/c1-2-3-4-5-6-7-8-9-10-11-12-13-14-23-15-19(21-17-24)20(16-23)22-18-25;/h17-20H,2-16H2,1H3,(H,21,24)(H,22,25);1H. The zero-order chi connectivity index (χ0) is 18.2. The SMILES string of the molecule is CCCCCCCCCCCCCCN1CC(NC=O)C(NC=O)C1.Cl. The van der Waals surface area contributed by atoms with Crippen LogP contribution in [0.4, 0.5) is 0 Å². The van der Waals surface area contributed by atoms with Crippen LogP contribution in [0.3, 0.4) is 0 Å². The average molecular weight is 390 g/mol. The predicted molar refractivity (Wildman–Crippen MR) is 111 cm³/mol. The van der Waals surface area contributed by atoms with Crippen molar-refractivity contribution in [1.29, 1.82) is 0 Å². The van der Waals surface area contributed by atoms with Gasteiger partial charge in [0.2, 0.25) is 12.8 Å².